The number of aliphatic hydroxyl groups is 1. The largest absolute Gasteiger partial charge is 0.491 e. The molecule has 1 N–H and O–H groups in total. The van der Waals surface area contributed by atoms with Crippen LogP contribution < -0.4 is 9.64 Å². The van der Waals surface area contributed by atoms with Crippen molar-refractivity contribution < 1.29 is 14.6 Å². The number of aromatic nitrogens is 3. The fraction of sp³-hybridized carbons (Fsp3) is 0.538. The van der Waals surface area contributed by atoms with Gasteiger partial charge >= 0.3 is 0 Å². The summed E-state index contributed by atoms with van der Waals surface area (Å²) in [4.78, 5) is 7.58. The molecule has 0 bridgehead atoms. The van der Waals surface area contributed by atoms with Crippen molar-refractivity contribution in [3.8, 4) is 17.0 Å². The second-order valence-electron chi connectivity index (χ2n) is 8.94. The van der Waals surface area contributed by atoms with Gasteiger partial charge in [-0.2, -0.15) is 5.10 Å². The van der Waals surface area contributed by atoms with Gasteiger partial charge in [-0.15, -0.1) is 0 Å². The normalized spacial score (nSPS) is 15.4. The quantitative estimate of drug-likeness (QED) is 0.511. The number of ether oxygens (including phenoxy) is 2. The van der Waals surface area contributed by atoms with Gasteiger partial charge in [0.25, 0.3) is 0 Å². The predicted molar refractivity (Wildman–Crippen MR) is 132 cm³/mol. The molecule has 0 spiro atoms. The summed E-state index contributed by atoms with van der Waals surface area (Å²) in [7, 11) is 0. The van der Waals surface area contributed by atoms with Crippen LogP contribution >= 0.6 is 0 Å². The van der Waals surface area contributed by atoms with E-state index in [2.05, 4.69) is 43.8 Å². The van der Waals surface area contributed by atoms with Gasteiger partial charge in [0, 0.05) is 30.3 Å². The summed E-state index contributed by atoms with van der Waals surface area (Å²) in [6.07, 6.45) is 4.04. The van der Waals surface area contributed by atoms with Crippen LogP contribution in [-0.2, 0) is 11.2 Å². The maximum absolute atomic E-state index is 10.1. The van der Waals surface area contributed by atoms with E-state index in [1.807, 2.05) is 29.1 Å². The van der Waals surface area contributed by atoms with E-state index in [-0.39, 0.29) is 6.04 Å². The Morgan fingerprint density at radius 2 is 1.97 bits per heavy atom. The summed E-state index contributed by atoms with van der Waals surface area (Å²) in [6.45, 7) is 12.0. The molecule has 178 valence electrons. The smallest absolute Gasteiger partial charge is 0.160 e. The van der Waals surface area contributed by atoms with Crippen LogP contribution in [0, 0.1) is 0 Å². The Kier molecular flexibility index (Phi) is 7.50. The third-order valence-electron chi connectivity index (χ3n) is 6.16. The van der Waals surface area contributed by atoms with Crippen LogP contribution in [0.15, 0.2) is 30.5 Å². The van der Waals surface area contributed by atoms with E-state index in [0.717, 1.165) is 73.6 Å². The number of morpholine rings is 1. The van der Waals surface area contributed by atoms with E-state index in [1.54, 1.807) is 0 Å². The second-order valence-corrected chi connectivity index (χ2v) is 8.94. The molecule has 1 saturated heterocycles. The van der Waals surface area contributed by atoms with Crippen molar-refractivity contribution in [1.29, 1.82) is 0 Å². The topological polar surface area (TPSA) is 72.6 Å². The zero-order valence-corrected chi connectivity index (χ0v) is 20.3. The minimum Gasteiger partial charge on any atom is -0.491 e. The molecular formula is C26H36N4O3. The van der Waals surface area contributed by atoms with Crippen molar-refractivity contribution in [3.63, 3.8) is 0 Å². The van der Waals surface area contributed by atoms with Crippen LogP contribution in [0.2, 0.25) is 0 Å². The zero-order chi connectivity index (χ0) is 23.4. The lowest BCUT2D eigenvalue weighted by Gasteiger charge is -2.32. The van der Waals surface area contributed by atoms with E-state index in [4.69, 9.17) is 14.5 Å². The summed E-state index contributed by atoms with van der Waals surface area (Å²) in [5, 5.41) is 15.9. The van der Waals surface area contributed by atoms with E-state index in [1.165, 1.54) is 11.3 Å². The molecule has 0 aliphatic carbocycles. The van der Waals surface area contributed by atoms with Crippen LogP contribution in [0.3, 0.4) is 0 Å². The molecule has 7 nitrogen and oxygen atoms in total. The van der Waals surface area contributed by atoms with E-state index < -0.39 is 6.10 Å². The number of fused-ring (bicyclic) bond motifs is 1. The number of benzene rings is 1. The number of aliphatic hydroxyl groups excluding tert-OH is 1. The average Bonchev–Trinajstić information content (AvgIpc) is 3.26. The zero-order valence-electron chi connectivity index (χ0n) is 20.3. The van der Waals surface area contributed by atoms with Crippen LogP contribution in [0.4, 0.5) is 5.69 Å². The number of anilines is 1. The minimum absolute atomic E-state index is 0.211. The Balaban J connectivity index is 1.81. The van der Waals surface area contributed by atoms with Gasteiger partial charge in [0.2, 0.25) is 0 Å². The molecule has 33 heavy (non-hydrogen) atoms. The van der Waals surface area contributed by atoms with Crippen molar-refractivity contribution in [2.75, 3.05) is 37.8 Å². The first-order chi connectivity index (χ1) is 16.0. The fourth-order valence-corrected chi connectivity index (χ4v) is 4.52. The molecule has 1 fully saturated rings. The summed E-state index contributed by atoms with van der Waals surface area (Å²) < 4.78 is 13.5. The standard InChI is InChI=1S/C26H36N4O3/c1-5-8-20(31)17-33-21-10-7-9-19(15-21)24-22(6-2)25(29-11-13-32-14-12-29)23-16-27-30(18(3)4)26(23)28-24/h7,9-10,15-16,18,20,31H,5-6,8,11-14,17H2,1-4H3. The molecular weight excluding hydrogens is 416 g/mol. The van der Waals surface area contributed by atoms with Gasteiger partial charge in [0.15, 0.2) is 5.65 Å². The number of hydrogen-bond acceptors (Lipinski definition) is 6. The number of nitrogens with zero attached hydrogens (tertiary/aromatic N) is 4. The maximum atomic E-state index is 10.1. The highest BCUT2D eigenvalue weighted by atomic mass is 16.5. The third kappa shape index (κ3) is 4.99. The highest BCUT2D eigenvalue weighted by Gasteiger charge is 2.24. The van der Waals surface area contributed by atoms with Crippen LogP contribution in [0.5, 0.6) is 5.75 Å². The lowest BCUT2D eigenvalue weighted by atomic mass is 9.99. The first-order valence-electron chi connectivity index (χ1n) is 12.2. The molecule has 1 atom stereocenters. The highest BCUT2D eigenvalue weighted by Crippen LogP contribution is 2.38. The maximum Gasteiger partial charge on any atom is 0.160 e. The summed E-state index contributed by atoms with van der Waals surface area (Å²) in [5.74, 6) is 0.747. The molecule has 4 rings (SSSR count). The molecule has 1 aliphatic heterocycles. The van der Waals surface area contributed by atoms with Crippen molar-refractivity contribution in [1.82, 2.24) is 14.8 Å². The van der Waals surface area contributed by atoms with E-state index in [9.17, 15) is 5.11 Å². The molecule has 1 aromatic carbocycles. The molecule has 1 aliphatic rings. The van der Waals surface area contributed by atoms with Crippen LogP contribution in [0.1, 0.15) is 52.1 Å². The van der Waals surface area contributed by atoms with Gasteiger partial charge < -0.3 is 19.5 Å². The molecule has 0 radical (unpaired) electrons. The van der Waals surface area contributed by atoms with Gasteiger partial charge in [-0.3, -0.25) is 0 Å². The highest BCUT2D eigenvalue weighted by molar-refractivity contribution is 5.95. The lowest BCUT2D eigenvalue weighted by molar-refractivity contribution is 0.0994. The number of rotatable bonds is 9. The van der Waals surface area contributed by atoms with Gasteiger partial charge in [0.1, 0.15) is 12.4 Å². The molecule has 2 aromatic heterocycles. The molecule has 1 unspecified atom stereocenters. The monoisotopic (exact) mass is 452 g/mol. The molecule has 7 heteroatoms. The van der Waals surface area contributed by atoms with Gasteiger partial charge in [0.05, 0.1) is 42.3 Å². The number of hydrogen-bond donors (Lipinski definition) is 1. The Morgan fingerprint density at radius 1 is 1.18 bits per heavy atom. The predicted octanol–water partition coefficient (Wildman–Crippen LogP) is 4.62. The van der Waals surface area contributed by atoms with Crippen LogP contribution in [-0.4, -0.2) is 58.9 Å². The second kappa shape index (κ2) is 10.5. The Hall–Kier alpha value is -2.64. The average molecular weight is 453 g/mol. The summed E-state index contributed by atoms with van der Waals surface area (Å²) in [5.41, 5.74) is 5.33. The SMILES string of the molecule is CCCC(O)COc1cccc(-c2nc3c(cnn3C(C)C)c(N3CCOCC3)c2CC)c1. The van der Waals surface area contributed by atoms with E-state index in [0.29, 0.717) is 6.61 Å². The molecule has 3 heterocycles. The van der Waals surface area contributed by atoms with Gasteiger partial charge in [-0.05, 0) is 38.8 Å². The van der Waals surface area contributed by atoms with Crippen molar-refractivity contribution in [2.24, 2.45) is 0 Å². The van der Waals surface area contributed by atoms with Crippen molar-refractivity contribution >= 4 is 16.7 Å². The van der Waals surface area contributed by atoms with Gasteiger partial charge in [-0.1, -0.05) is 32.4 Å². The molecule has 0 amide bonds. The van der Waals surface area contributed by atoms with Crippen molar-refractivity contribution in [3.05, 3.63) is 36.0 Å². The molecule has 3 aromatic rings. The first kappa shape index (κ1) is 23.5. The Bertz CT molecular complexity index is 1070. The summed E-state index contributed by atoms with van der Waals surface area (Å²) in [6, 6.07) is 8.26. The van der Waals surface area contributed by atoms with E-state index >= 15 is 0 Å². The molecule has 0 saturated carbocycles. The Labute approximate surface area is 196 Å². The summed E-state index contributed by atoms with van der Waals surface area (Å²) >= 11 is 0. The van der Waals surface area contributed by atoms with Crippen molar-refractivity contribution in [2.45, 2.75) is 59.1 Å². The van der Waals surface area contributed by atoms with Gasteiger partial charge in [-0.25, -0.2) is 9.67 Å². The minimum atomic E-state index is -0.451. The first-order valence-corrected chi connectivity index (χ1v) is 12.2. The number of pyridine rings is 1. The Morgan fingerprint density at radius 3 is 2.67 bits per heavy atom. The fourth-order valence-electron chi connectivity index (χ4n) is 4.52. The van der Waals surface area contributed by atoms with Crippen LogP contribution in [0.25, 0.3) is 22.3 Å². The third-order valence-corrected chi connectivity index (χ3v) is 6.16. The lowest BCUT2D eigenvalue weighted by Crippen LogP contribution is -2.37.